The van der Waals surface area contributed by atoms with Crippen molar-refractivity contribution in [3.05, 3.63) is 67.4 Å². The Balaban J connectivity index is 2.40. The van der Waals surface area contributed by atoms with Crippen molar-refractivity contribution < 1.29 is 9.50 Å². The first-order valence-corrected chi connectivity index (χ1v) is 7.53. The zero-order chi connectivity index (χ0) is 15.8. The van der Waals surface area contributed by atoms with Crippen LogP contribution in [0.5, 0.6) is 0 Å². The highest BCUT2D eigenvalue weighted by atomic mass is 35.5. The Morgan fingerprint density at radius 2 is 1.67 bits per heavy atom. The number of hydrogen-bond donors (Lipinski definition) is 1. The van der Waals surface area contributed by atoms with E-state index in [-0.39, 0.29) is 22.0 Å². The monoisotopic (exact) mass is 366 g/mol. The van der Waals surface area contributed by atoms with Gasteiger partial charge in [0.15, 0.2) is 0 Å². The second-order valence-corrected chi connectivity index (χ2v) is 6.59. The van der Waals surface area contributed by atoms with Gasteiger partial charge in [-0.1, -0.05) is 52.5 Å². The van der Waals surface area contributed by atoms with E-state index < -0.39 is 11.4 Å². The predicted molar refractivity (Wildman–Crippen MR) is 86.2 cm³/mol. The topological polar surface area (TPSA) is 20.2 Å². The Morgan fingerprint density at radius 1 is 1.00 bits per heavy atom. The van der Waals surface area contributed by atoms with Gasteiger partial charge in [-0.2, -0.15) is 0 Å². The fourth-order valence-electron chi connectivity index (χ4n) is 2.07. The molecule has 2 aromatic rings. The Kier molecular flexibility index (Phi) is 5.07. The van der Waals surface area contributed by atoms with E-state index in [0.29, 0.717) is 15.6 Å². The van der Waals surface area contributed by atoms with E-state index in [0.717, 1.165) is 6.07 Å². The lowest BCUT2D eigenvalue weighted by atomic mass is 9.89. The van der Waals surface area contributed by atoms with Crippen molar-refractivity contribution in [3.63, 3.8) is 0 Å². The summed E-state index contributed by atoms with van der Waals surface area (Å²) < 4.78 is 13.6. The maximum absolute atomic E-state index is 13.6. The van der Waals surface area contributed by atoms with Crippen LogP contribution in [0.1, 0.15) is 18.1 Å². The van der Waals surface area contributed by atoms with Gasteiger partial charge < -0.3 is 5.11 Å². The highest BCUT2D eigenvalue weighted by Gasteiger charge is 2.28. The van der Waals surface area contributed by atoms with Crippen LogP contribution in [-0.4, -0.2) is 5.11 Å². The van der Waals surface area contributed by atoms with Gasteiger partial charge in [0.1, 0.15) is 5.82 Å². The number of hydrogen-bond acceptors (Lipinski definition) is 1. The fraction of sp³-hybridized carbons (Fsp3) is 0.200. The molecule has 0 fully saturated rings. The van der Waals surface area contributed by atoms with Crippen LogP contribution in [0.2, 0.25) is 20.1 Å². The molecular weight excluding hydrogens is 357 g/mol. The van der Waals surface area contributed by atoms with Crippen LogP contribution in [0.25, 0.3) is 0 Å². The maximum Gasteiger partial charge on any atom is 0.142 e. The average Bonchev–Trinajstić information content (AvgIpc) is 2.37. The second kappa shape index (κ2) is 6.31. The molecule has 0 spiro atoms. The standard InChI is InChI=1S/C15H11Cl4FO/c1-15(21,7-8-2-3-9(16)4-11(8)17)10-5-14(20)13(19)6-12(10)18/h2-6,21H,7H2,1H3. The number of rotatable bonds is 3. The molecule has 0 aliphatic rings. The van der Waals surface area contributed by atoms with Crippen molar-refractivity contribution in [3.8, 4) is 0 Å². The molecule has 21 heavy (non-hydrogen) atoms. The van der Waals surface area contributed by atoms with Gasteiger partial charge in [0.25, 0.3) is 0 Å². The Labute approximate surface area is 142 Å². The quantitative estimate of drug-likeness (QED) is 0.670. The summed E-state index contributed by atoms with van der Waals surface area (Å²) in [5.74, 6) is -0.640. The highest BCUT2D eigenvalue weighted by molar-refractivity contribution is 6.35. The molecule has 0 aliphatic heterocycles. The summed E-state index contributed by atoms with van der Waals surface area (Å²) in [6.07, 6.45) is 0.157. The molecule has 0 aliphatic carbocycles. The number of benzene rings is 2. The molecule has 0 saturated heterocycles. The highest BCUT2D eigenvalue weighted by Crippen LogP contribution is 2.35. The van der Waals surface area contributed by atoms with Crippen LogP contribution in [0.3, 0.4) is 0 Å². The lowest BCUT2D eigenvalue weighted by Gasteiger charge is -2.26. The van der Waals surface area contributed by atoms with Gasteiger partial charge in [0, 0.05) is 27.1 Å². The molecule has 1 unspecified atom stereocenters. The van der Waals surface area contributed by atoms with Crippen molar-refractivity contribution in [2.24, 2.45) is 0 Å². The van der Waals surface area contributed by atoms with Crippen LogP contribution in [-0.2, 0) is 12.0 Å². The van der Waals surface area contributed by atoms with Crippen LogP contribution in [0.15, 0.2) is 30.3 Å². The molecule has 0 bridgehead atoms. The molecule has 112 valence electrons. The summed E-state index contributed by atoms with van der Waals surface area (Å²) in [7, 11) is 0. The van der Waals surface area contributed by atoms with Gasteiger partial charge in [0.2, 0.25) is 0 Å². The average molecular weight is 368 g/mol. The summed E-state index contributed by atoms with van der Waals surface area (Å²) in [5, 5.41) is 11.7. The van der Waals surface area contributed by atoms with Crippen molar-refractivity contribution in [1.29, 1.82) is 0 Å². The summed E-state index contributed by atoms with van der Waals surface area (Å²) in [6.45, 7) is 1.53. The minimum absolute atomic E-state index is 0.0934. The molecule has 0 aromatic heterocycles. The van der Waals surface area contributed by atoms with E-state index in [1.54, 1.807) is 18.2 Å². The molecule has 0 heterocycles. The minimum Gasteiger partial charge on any atom is -0.385 e. The SMILES string of the molecule is CC(O)(Cc1ccc(Cl)cc1Cl)c1cc(F)c(Cl)cc1Cl. The molecule has 0 saturated carbocycles. The molecule has 0 radical (unpaired) electrons. The smallest absolute Gasteiger partial charge is 0.142 e. The van der Waals surface area contributed by atoms with Crippen molar-refractivity contribution in [2.75, 3.05) is 0 Å². The fourth-order valence-corrected chi connectivity index (χ4v) is 3.13. The van der Waals surface area contributed by atoms with Crippen molar-refractivity contribution in [1.82, 2.24) is 0 Å². The zero-order valence-corrected chi connectivity index (χ0v) is 14.0. The molecule has 0 amide bonds. The molecule has 6 heteroatoms. The van der Waals surface area contributed by atoms with Gasteiger partial charge in [-0.25, -0.2) is 4.39 Å². The van der Waals surface area contributed by atoms with Gasteiger partial charge in [-0.05, 0) is 36.8 Å². The Morgan fingerprint density at radius 3 is 2.29 bits per heavy atom. The largest absolute Gasteiger partial charge is 0.385 e. The van der Waals surface area contributed by atoms with E-state index in [4.69, 9.17) is 46.4 Å². The molecule has 2 rings (SSSR count). The van der Waals surface area contributed by atoms with E-state index in [1.807, 2.05) is 0 Å². The third-order valence-corrected chi connectivity index (χ3v) is 4.33. The molecule has 1 N–H and O–H groups in total. The van der Waals surface area contributed by atoms with Gasteiger partial charge in [-0.15, -0.1) is 0 Å². The second-order valence-electron chi connectivity index (χ2n) is 4.93. The first kappa shape index (κ1) is 16.9. The minimum atomic E-state index is -1.40. The van der Waals surface area contributed by atoms with E-state index in [9.17, 15) is 9.50 Å². The van der Waals surface area contributed by atoms with Crippen LogP contribution < -0.4 is 0 Å². The maximum atomic E-state index is 13.6. The van der Waals surface area contributed by atoms with E-state index >= 15 is 0 Å². The van der Waals surface area contributed by atoms with Gasteiger partial charge >= 0.3 is 0 Å². The summed E-state index contributed by atoms with van der Waals surface area (Å²) >= 11 is 23.6. The summed E-state index contributed by atoms with van der Waals surface area (Å²) in [6, 6.07) is 7.36. The first-order chi connectivity index (χ1) is 9.70. The third-order valence-electron chi connectivity index (χ3n) is 3.14. The van der Waals surface area contributed by atoms with Gasteiger partial charge in [0.05, 0.1) is 10.6 Å². The van der Waals surface area contributed by atoms with E-state index in [2.05, 4.69) is 0 Å². The lowest BCUT2D eigenvalue weighted by molar-refractivity contribution is 0.0574. The molecular formula is C15H11Cl4FO. The van der Waals surface area contributed by atoms with Crippen molar-refractivity contribution >= 4 is 46.4 Å². The van der Waals surface area contributed by atoms with Gasteiger partial charge in [-0.3, -0.25) is 0 Å². The molecule has 1 atom stereocenters. The Hall–Kier alpha value is -0.510. The van der Waals surface area contributed by atoms with E-state index in [1.165, 1.54) is 13.0 Å². The lowest BCUT2D eigenvalue weighted by Crippen LogP contribution is -2.25. The first-order valence-electron chi connectivity index (χ1n) is 6.02. The van der Waals surface area contributed by atoms with Crippen LogP contribution in [0, 0.1) is 5.82 Å². The third kappa shape index (κ3) is 3.82. The normalized spacial score (nSPS) is 14.0. The number of halogens is 5. The summed E-state index contributed by atoms with van der Waals surface area (Å²) in [5.41, 5.74) is -0.477. The Bertz CT molecular complexity index is 686. The molecule has 2 aromatic carbocycles. The predicted octanol–water partition coefficient (Wildman–Crippen LogP) is 5.89. The molecule has 1 nitrogen and oxygen atoms in total. The number of aliphatic hydroxyl groups is 1. The van der Waals surface area contributed by atoms with Crippen molar-refractivity contribution in [2.45, 2.75) is 18.9 Å². The van der Waals surface area contributed by atoms with Crippen LogP contribution >= 0.6 is 46.4 Å². The summed E-state index contributed by atoms with van der Waals surface area (Å²) in [4.78, 5) is 0. The van der Waals surface area contributed by atoms with Crippen LogP contribution in [0.4, 0.5) is 4.39 Å². The zero-order valence-electron chi connectivity index (χ0n) is 10.9.